The van der Waals surface area contributed by atoms with Crippen LogP contribution in [-0.4, -0.2) is 5.91 Å². The third-order valence-corrected chi connectivity index (χ3v) is 3.96. The maximum atomic E-state index is 13.6. The molecule has 0 aliphatic carbocycles. The minimum Gasteiger partial charge on any atom is -0.485 e. The number of hydrogen-bond acceptors (Lipinski definition) is 4. The van der Waals surface area contributed by atoms with Gasteiger partial charge in [0.05, 0.1) is 9.35 Å². The van der Waals surface area contributed by atoms with Crippen LogP contribution in [-0.2, 0) is 6.61 Å². The zero-order valence-corrected chi connectivity index (χ0v) is 12.4. The Morgan fingerprint density at radius 2 is 2.20 bits per heavy atom. The average Bonchev–Trinajstić information content (AvgIpc) is 2.85. The maximum absolute atomic E-state index is 13.6. The Hall–Kier alpha value is -1.51. The Labute approximate surface area is 125 Å². The van der Waals surface area contributed by atoms with Crippen LogP contribution in [0.4, 0.5) is 8.78 Å². The molecule has 106 valence electrons. The standard InChI is InChI=1S/C12H9BrF2N2O2S/c13-8-3-7(14)4-9(15)10(8)19-5-6-1-2-20-11(6)12(18)17-16/h1-4H,5,16H2,(H,17,18). The van der Waals surface area contributed by atoms with Crippen molar-refractivity contribution in [2.75, 3.05) is 0 Å². The summed E-state index contributed by atoms with van der Waals surface area (Å²) in [5, 5.41) is 1.69. The van der Waals surface area contributed by atoms with Crippen molar-refractivity contribution < 1.29 is 18.3 Å². The monoisotopic (exact) mass is 362 g/mol. The number of hydrazine groups is 1. The number of halogens is 3. The molecule has 4 nitrogen and oxygen atoms in total. The summed E-state index contributed by atoms with van der Waals surface area (Å²) in [6.07, 6.45) is 0. The normalized spacial score (nSPS) is 10.4. The predicted octanol–water partition coefficient (Wildman–Crippen LogP) is 2.97. The van der Waals surface area contributed by atoms with E-state index in [-0.39, 0.29) is 16.8 Å². The Morgan fingerprint density at radius 1 is 1.45 bits per heavy atom. The Kier molecular flexibility index (Phi) is 4.69. The third-order valence-electron chi connectivity index (χ3n) is 2.42. The zero-order chi connectivity index (χ0) is 14.7. The van der Waals surface area contributed by atoms with E-state index in [4.69, 9.17) is 10.6 Å². The van der Waals surface area contributed by atoms with E-state index in [9.17, 15) is 13.6 Å². The summed E-state index contributed by atoms with van der Waals surface area (Å²) in [6.45, 7) is -0.0343. The molecule has 8 heteroatoms. The van der Waals surface area contributed by atoms with Crippen molar-refractivity contribution in [1.82, 2.24) is 5.43 Å². The van der Waals surface area contributed by atoms with E-state index < -0.39 is 17.5 Å². The number of hydrogen-bond donors (Lipinski definition) is 2. The van der Waals surface area contributed by atoms with Gasteiger partial charge in [0.15, 0.2) is 11.6 Å². The Balaban J connectivity index is 2.18. The van der Waals surface area contributed by atoms with E-state index in [1.54, 1.807) is 11.4 Å². The first kappa shape index (κ1) is 14.9. The lowest BCUT2D eigenvalue weighted by Crippen LogP contribution is -2.30. The van der Waals surface area contributed by atoms with Crippen LogP contribution in [0.5, 0.6) is 5.75 Å². The second-order valence-electron chi connectivity index (χ2n) is 3.74. The molecule has 1 aromatic carbocycles. The highest BCUT2D eigenvalue weighted by atomic mass is 79.9. The molecule has 0 aliphatic heterocycles. The number of ether oxygens (including phenoxy) is 1. The molecular weight excluding hydrogens is 354 g/mol. The minimum atomic E-state index is -0.822. The molecule has 0 atom stereocenters. The molecular formula is C12H9BrF2N2O2S. The molecule has 2 rings (SSSR count). The summed E-state index contributed by atoms with van der Waals surface area (Å²) in [6, 6.07) is 3.49. The molecule has 0 saturated heterocycles. The molecule has 20 heavy (non-hydrogen) atoms. The number of nitrogens with two attached hydrogens (primary N) is 1. The van der Waals surface area contributed by atoms with Crippen molar-refractivity contribution in [3.05, 3.63) is 50.1 Å². The van der Waals surface area contributed by atoms with Gasteiger partial charge in [0.2, 0.25) is 0 Å². The van der Waals surface area contributed by atoms with Gasteiger partial charge in [-0.1, -0.05) is 0 Å². The molecule has 0 unspecified atom stereocenters. The van der Waals surface area contributed by atoms with Gasteiger partial charge in [-0.3, -0.25) is 10.2 Å². The quantitative estimate of drug-likeness (QED) is 0.499. The van der Waals surface area contributed by atoms with E-state index in [0.29, 0.717) is 10.4 Å². The molecule has 0 bridgehead atoms. The fourth-order valence-corrected chi connectivity index (χ4v) is 2.87. The van der Waals surface area contributed by atoms with Crippen LogP contribution in [0.3, 0.4) is 0 Å². The summed E-state index contributed by atoms with van der Waals surface area (Å²) < 4.78 is 32.0. The van der Waals surface area contributed by atoms with E-state index in [2.05, 4.69) is 15.9 Å². The van der Waals surface area contributed by atoms with Crippen LogP contribution in [0.15, 0.2) is 28.1 Å². The lowest BCUT2D eigenvalue weighted by Gasteiger charge is -2.09. The summed E-state index contributed by atoms with van der Waals surface area (Å²) in [4.78, 5) is 11.9. The van der Waals surface area contributed by atoms with Gasteiger partial charge >= 0.3 is 0 Å². The van der Waals surface area contributed by atoms with E-state index >= 15 is 0 Å². The fraction of sp³-hybridized carbons (Fsp3) is 0.0833. The largest absolute Gasteiger partial charge is 0.485 e. The van der Waals surface area contributed by atoms with Gasteiger partial charge < -0.3 is 4.74 Å². The molecule has 1 heterocycles. The van der Waals surface area contributed by atoms with Crippen LogP contribution >= 0.6 is 27.3 Å². The number of thiophene rings is 1. The number of rotatable bonds is 4. The lowest BCUT2D eigenvalue weighted by molar-refractivity contribution is 0.0955. The molecule has 1 aromatic heterocycles. The minimum absolute atomic E-state index is 0.0343. The van der Waals surface area contributed by atoms with Crippen molar-refractivity contribution in [2.45, 2.75) is 6.61 Å². The van der Waals surface area contributed by atoms with Gasteiger partial charge in [0.1, 0.15) is 12.4 Å². The van der Waals surface area contributed by atoms with Crippen molar-refractivity contribution in [2.24, 2.45) is 5.84 Å². The van der Waals surface area contributed by atoms with E-state index in [1.165, 1.54) is 11.3 Å². The highest BCUT2D eigenvalue weighted by Crippen LogP contribution is 2.30. The summed E-state index contributed by atoms with van der Waals surface area (Å²) in [7, 11) is 0. The molecule has 0 spiro atoms. The van der Waals surface area contributed by atoms with Crippen LogP contribution in [0.2, 0.25) is 0 Å². The van der Waals surface area contributed by atoms with Crippen LogP contribution in [0, 0.1) is 11.6 Å². The van der Waals surface area contributed by atoms with Gasteiger partial charge in [0, 0.05) is 11.6 Å². The summed E-state index contributed by atoms with van der Waals surface area (Å²) in [5.74, 6) is 2.97. The topological polar surface area (TPSA) is 64.3 Å². The first-order valence-electron chi connectivity index (χ1n) is 5.37. The van der Waals surface area contributed by atoms with E-state index in [1.807, 2.05) is 5.43 Å². The lowest BCUT2D eigenvalue weighted by atomic mass is 10.2. The molecule has 0 saturated carbocycles. The smallest absolute Gasteiger partial charge is 0.275 e. The van der Waals surface area contributed by atoms with Gasteiger partial charge in [-0.15, -0.1) is 11.3 Å². The summed E-state index contributed by atoms with van der Waals surface area (Å²) >= 11 is 4.21. The van der Waals surface area contributed by atoms with Crippen molar-refractivity contribution in [3.63, 3.8) is 0 Å². The molecule has 2 aromatic rings. The average molecular weight is 363 g/mol. The Morgan fingerprint density at radius 3 is 2.85 bits per heavy atom. The first-order chi connectivity index (χ1) is 9.52. The van der Waals surface area contributed by atoms with Crippen molar-refractivity contribution in [3.8, 4) is 5.75 Å². The van der Waals surface area contributed by atoms with Crippen LogP contribution in [0.25, 0.3) is 0 Å². The van der Waals surface area contributed by atoms with Gasteiger partial charge in [-0.25, -0.2) is 14.6 Å². The van der Waals surface area contributed by atoms with Crippen LogP contribution < -0.4 is 16.0 Å². The molecule has 0 aliphatic rings. The number of amides is 1. The second-order valence-corrected chi connectivity index (χ2v) is 5.51. The highest BCUT2D eigenvalue weighted by Gasteiger charge is 2.15. The number of benzene rings is 1. The number of carbonyl (C=O) groups is 1. The van der Waals surface area contributed by atoms with Crippen LogP contribution in [0.1, 0.15) is 15.2 Å². The molecule has 0 radical (unpaired) electrons. The van der Waals surface area contributed by atoms with Gasteiger partial charge in [-0.2, -0.15) is 0 Å². The van der Waals surface area contributed by atoms with Crippen molar-refractivity contribution in [1.29, 1.82) is 0 Å². The molecule has 3 N–H and O–H groups in total. The van der Waals surface area contributed by atoms with Crippen molar-refractivity contribution >= 4 is 33.2 Å². The summed E-state index contributed by atoms with van der Waals surface area (Å²) in [5.41, 5.74) is 2.58. The fourth-order valence-electron chi connectivity index (χ4n) is 1.53. The predicted molar refractivity (Wildman–Crippen MR) is 74.4 cm³/mol. The zero-order valence-electron chi connectivity index (χ0n) is 9.95. The second kappa shape index (κ2) is 6.29. The van der Waals surface area contributed by atoms with Gasteiger partial charge in [-0.05, 0) is 33.4 Å². The highest BCUT2D eigenvalue weighted by molar-refractivity contribution is 9.10. The number of nitrogen functional groups attached to an aromatic ring is 1. The van der Waals surface area contributed by atoms with Gasteiger partial charge in [0.25, 0.3) is 5.91 Å². The first-order valence-corrected chi connectivity index (χ1v) is 7.05. The molecule has 1 amide bonds. The third kappa shape index (κ3) is 3.14. The number of nitrogens with one attached hydrogen (secondary N) is 1. The SMILES string of the molecule is NNC(=O)c1sccc1COc1c(F)cc(F)cc1Br. The Bertz CT molecular complexity index is 625. The molecule has 0 fully saturated rings. The van der Waals surface area contributed by atoms with E-state index in [0.717, 1.165) is 12.1 Å². The maximum Gasteiger partial charge on any atom is 0.275 e. The number of carbonyl (C=O) groups excluding carboxylic acids is 1.